The first-order valence-electron chi connectivity index (χ1n) is 7.23. The van der Waals surface area contributed by atoms with Crippen LogP contribution in [0.1, 0.15) is 34.1 Å². The highest BCUT2D eigenvalue weighted by Gasteiger charge is 2.55. The number of carbonyl (C=O) groups excluding carboxylic acids is 1. The standard InChI is InChI=1S/C14H25NO6/c1-7(2)18-12(16)8(15)6-9-10-11(13(17-5)19-9)21-14(3,4)20-10/h7-11,13H,6,15H2,1-5H3/t8-,9+,10-,11-,13-/m0/s1. The summed E-state index contributed by atoms with van der Waals surface area (Å²) in [5, 5.41) is 0. The highest BCUT2D eigenvalue weighted by Crippen LogP contribution is 2.40. The first-order valence-corrected chi connectivity index (χ1v) is 7.23. The third-order valence-corrected chi connectivity index (χ3v) is 3.48. The van der Waals surface area contributed by atoms with Crippen molar-refractivity contribution in [2.45, 2.75) is 76.7 Å². The van der Waals surface area contributed by atoms with Crippen molar-refractivity contribution in [2.75, 3.05) is 7.11 Å². The third kappa shape index (κ3) is 3.73. The van der Waals surface area contributed by atoms with E-state index in [1.807, 2.05) is 13.8 Å². The van der Waals surface area contributed by atoms with E-state index in [0.29, 0.717) is 6.42 Å². The molecule has 0 radical (unpaired) electrons. The van der Waals surface area contributed by atoms with Gasteiger partial charge in [0.25, 0.3) is 0 Å². The minimum atomic E-state index is -0.763. The molecule has 0 bridgehead atoms. The summed E-state index contributed by atoms with van der Waals surface area (Å²) in [5.41, 5.74) is 5.89. The van der Waals surface area contributed by atoms with Gasteiger partial charge in [0.15, 0.2) is 12.1 Å². The second-order valence-corrected chi connectivity index (χ2v) is 6.17. The lowest BCUT2D eigenvalue weighted by Crippen LogP contribution is -2.40. The summed E-state index contributed by atoms with van der Waals surface area (Å²) >= 11 is 0. The number of methoxy groups -OCH3 is 1. The van der Waals surface area contributed by atoms with E-state index in [1.54, 1.807) is 21.0 Å². The van der Waals surface area contributed by atoms with Crippen LogP contribution in [0.3, 0.4) is 0 Å². The summed E-state index contributed by atoms with van der Waals surface area (Å²) in [6.45, 7) is 7.23. The maximum Gasteiger partial charge on any atom is 0.323 e. The molecule has 2 heterocycles. The van der Waals surface area contributed by atoms with Gasteiger partial charge in [0.2, 0.25) is 0 Å². The largest absolute Gasteiger partial charge is 0.462 e. The van der Waals surface area contributed by atoms with E-state index < -0.39 is 24.1 Å². The molecule has 2 saturated heterocycles. The second kappa shape index (κ2) is 6.18. The van der Waals surface area contributed by atoms with Crippen molar-refractivity contribution in [1.82, 2.24) is 0 Å². The Hall–Kier alpha value is -0.730. The zero-order valence-electron chi connectivity index (χ0n) is 13.2. The van der Waals surface area contributed by atoms with Crippen LogP contribution in [0.4, 0.5) is 0 Å². The molecule has 0 aromatic carbocycles. The molecule has 2 N–H and O–H groups in total. The number of rotatable bonds is 5. The van der Waals surface area contributed by atoms with Gasteiger partial charge >= 0.3 is 5.97 Å². The predicted octanol–water partition coefficient (Wildman–Crippen LogP) is 0.547. The van der Waals surface area contributed by atoms with Gasteiger partial charge in [-0.3, -0.25) is 4.79 Å². The molecule has 0 aromatic heterocycles. The van der Waals surface area contributed by atoms with Gasteiger partial charge in [0.1, 0.15) is 18.2 Å². The smallest absolute Gasteiger partial charge is 0.323 e. The molecule has 5 atom stereocenters. The number of hydrogen-bond donors (Lipinski definition) is 1. The molecule has 7 heteroatoms. The van der Waals surface area contributed by atoms with E-state index in [2.05, 4.69) is 0 Å². The van der Waals surface area contributed by atoms with Crippen molar-refractivity contribution >= 4 is 5.97 Å². The molecular weight excluding hydrogens is 278 g/mol. The van der Waals surface area contributed by atoms with Crippen LogP contribution in [-0.4, -0.2) is 55.6 Å². The lowest BCUT2D eigenvalue weighted by atomic mass is 10.0. The van der Waals surface area contributed by atoms with Gasteiger partial charge in [-0.25, -0.2) is 0 Å². The fourth-order valence-electron chi connectivity index (χ4n) is 2.69. The average Bonchev–Trinajstić information content (AvgIpc) is 2.83. The summed E-state index contributed by atoms with van der Waals surface area (Å²) < 4.78 is 27.7. The summed E-state index contributed by atoms with van der Waals surface area (Å²) in [7, 11) is 1.55. The number of nitrogens with two attached hydrogens (primary N) is 1. The van der Waals surface area contributed by atoms with Gasteiger partial charge < -0.3 is 29.4 Å². The van der Waals surface area contributed by atoms with Gasteiger partial charge in [-0.2, -0.15) is 0 Å². The molecule has 0 amide bonds. The first-order chi connectivity index (χ1) is 9.73. The third-order valence-electron chi connectivity index (χ3n) is 3.48. The van der Waals surface area contributed by atoms with Gasteiger partial charge in [-0.15, -0.1) is 0 Å². The fraction of sp³-hybridized carbons (Fsp3) is 0.929. The second-order valence-electron chi connectivity index (χ2n) is 6.17. The molecule has 0 aromatic rings. The quantitative estimate of drug-likeness (QED) is 0.742. The van der Waals surface area contributed by atoms with E-state index in [4.69, 9.17) is 29.4 Å². The Morgan fingerprint density at radius 3 is 2.48 bits per heavy atom. The monoisotopic (exact) mass is 303 g/mol. The zero-order valence-corrected chi connectivity index (χ0v) is 13.2. The van der Waals surface area contributed by atoms with Crippen molar-refractivity contribution in [2.24, 2.45) is 5.73 Å². The van der Waals surface area contributed by atoms with E-state index in [1.165, 1.54) is 0 Å². The van der Waals surface area contributed by atoms with Gasteiger partial charge in [0, 0.05) is 13.5 Å². The Balaban J connectivity index is 1.98. The molecule has 0 unspecified atom stereocenters. The van der Waals surface area contributed by atoms with Crippen LogP contribution < -0.4 is 5.73 Å². The summed E-state index contributed by atoms with van der Waals surface area (Å²) in [6.07, 6.45) is -1.40. The average molecular weight is 303 g/mol. The summed E-state index contributed by atoms with van der Waals surface area (Å²) in [4.78, 5) is 11.8. The van der Waals surface area contributed by atoms with Crippen LogP contribution in [0, 0.1) is 0 Å². The number of hydrogen-bond acceptors (Lipinski definition) is 7. The Morgan fingerprint density at radius 1 is 1.29 bits per heavy atom. The van der Waals surface area contributed by atoms with E-state index in [-0.39, 0.29) is 24.4 Å². The zero-order chi connectivity index (χ0) is 15.8. The minimum absolute atomic E-state index is 0.197. The highest BCUT2D eigenvalue weighted by atomic mass is 16.8. The van der Waals surface area contributed by atoms with Crippen molar-refractivity contribution in [1.29, 1.82) is 0 Å². The molecule has 21 heavy (non-hydrogen) atoms. The maximum absolute atomic E-state index is 11.8. The number of esters is 1. The topological polar surface area (TPSA) is 89.2 Å². The predicted molar refractivity (Wildman–Crippen MR) is 73.3 cm³/mol. The lowest BCUT2D eigenvalue weighted by Gasteiger charge is -2.24. The molecule has 0 spiro atoms. The normalized spacial score (nSPS) is 35.8. The molecule has 2 aliphatic heterocycles. The Morgan fingerprint density at radius 2 is 1.90 bits per heavy atom. The summed E-state index contributed by atoms with van der Waals surface area (Å²) in [5.74, 6) is -1.14. The van der Waals surface area contributed by atoms with Crippen LogP contribution in [-0.2, 0) is 28.5 Å². The van der Waals surface area contributed by atoms with E-state index in [9.17, 15) is 4.79 Å². The van der Waals surface area contributed by atoms with E-state index in [0.717, 1.165) is 0 Å². The Kier molecular flexibility index (Phi) is 4.89. The van der Waals surface area contributed by atoms with Gasteiger partial charge in [0.05, 0.1) is 12.2 Å². The van der Waals surface area contributed by atoms with Crippen molar-refractivity contribution < 1.29 is 28.5 Å². The fourth-order valence-corrected chi connectivity index (χ4v) is 2.69. The molecule has 2 aliphatic rings. The number of fused-ring (bicyclic) bond motifs is 1. The van der Waals surface area contributed by atoms with Gasteiger partial charge in [-0.1, -0.05) is 0 Å². The Bertz CT molecular complexity index is 386. The SMILES string of the molecule is CO[C@H]1O[C@H](C[C@H](N)C(=O)OC(C)C)[C@@H]2OC(C)(C)O[C@H]12. The van der Waals surface area contributed by atoms with Crippen LogP contribution in [0.15, 0.2) is 0 Å². The van der Waals surface area contributed by atoms with Crippen LogP contribution >= 0.6 is 0 Å². The number of carbonyl (C=O) groups is 1. The van der Waals surface area contributed by atoms with Gasteiger partial charge in [-0.05, 0) is 27.7 Å². The Labute approximate surface area is 125 Å². The molecule has 2 rings (SSSR count). The first kappa shape index (κ1) is 16.6. The van der Waals surface area contributed by atoms with Crippen molar-refractivity contribution in [3.05, 3.63) is 0 Å². The molecular formula is C14H25NO6. The minimum Gasteiger partial charge on any atom is -0.462 e. The highest BCUT2D eigenvalue weighted by molar-refractivity contribution is 5.75. The van der Waals surface area contributed by atoms with Crippen LogP contribution in [0.2, 0.25) is 0 Å². The molecule has 0 saturated carbocycles. The summed E-state index contributed by atoms with van der Waals surface area (Å²) in [6, 6.07) is -0.763. The molecule has 0 aliphatic carbocycles. The molecule has 2 fully saturated rings. The van der Waals surface area contributed by atoms with Crippen molar-refractivity contribution in [3.8, 4) is 0 Å². The molecule has 122 valence electrons. The maximum atomic E-state index is 11.8. The molecule has 7 nitrogen and oxygen atoms in total. The van der Waals surface area contributed by atoms with Crippen molar-refractivity contribution in [3.63, 3.8) is 0 Å². The van der Waals surface area contributed by atoms with Crippen LogP contribution in [0.25, 0.3) is 0 Å². The lowest BCUT2D eigenvalue weighted by molar-refractivity contribution is -0.228. The van der Waals surface area contributed by atoms with Crippen LogP contribution in [0.5, 0.6) is 0 Å². The number of ether oxygens (including phenoxy) is 5. The van der Waals surface area contributed by atoms with E-state index >= 15 is 0 Å².